The summed E-state index contributed by atoms with van der Waals surface area (Å²) in [5, 5.41) is 3.67. The summed E-state index contributed by atoms with van der Waals surface area (Å²) in [4.78, 5) is 7.75. The third-order valence-electron chi connectivity index (χ3n) is 12.4. The first-order valence-electron chi connectivity index (χ1n) is 22.6. The fraction of sp³-hybridized carbons (Fsp3) is 0.224. The summed E-state index contributed by atoms with van der Waals surface area (Å²) >= 11 is 0. The van der Waals surface area contributed by atoms with Crippen LogP contribution in [0, 0.1) is 0 Å². The predicted octanol–water partition coefficient (Wildman–Crippen LogP) is 15.9. The molecule has 9 rings (SSSR count). The van der Waals surface area contributed by atoms with Crippen molar-refractivity contribution < 1.29 is 4.74 Å². The van der Waals surface area contributed by atoms with Crippen molar-refractivity contribution in [2.75, 3.05) is 4.90 Å². The quantitative estimate of drug-likeness (QED) is 0.133. The molecule has 0 spiro atoms. The van der Waals surface area contributed by atoms with Gasteiger partial charge in [-0.3, -0.25) is 4.57 Å². The number of aromatic nitrogens is 2. The van der Waals surface area contributed by atoms with E-state index in [4.69, 9.17) is 9.72 Å². The predicted molar refractivity (Wildman–Crippen MR) is 264 cm³/mol. The van der Waals surface area contributed by atoms with Crippen molar-refractivity contribution in [1.82, 2.24) is 14.9 Å². The van der Waals surface area contributed by atoms with E-state index in [-0.39, 0.29) is 18.0 Å². The Morgan fingerprint density at radius 2 is 0.968 bits per heavy atom. The van der Waals surface area contributed by atoms with E-state index < -0.39 is 0 Å². The van der Waals surface area contributed by atoms with Gasteiger partial charge in [-0.2, -0.15) is 0 Å². The minimum Gasteiger partial charge on any atom is -0.457 e. The SMILES string of the molecule is CC(C)c1cc(-c2ccccc2)cc(C(C)C)c1N1C=CNC1c1cccc(Oc2cccc(-c3nc4ccccc4n3-c3c(C(C)C)cc(-c4ccccc4)cc3C(C)C)c2)c1. The fourth-order valence-corrected chi connectivity index (χ4v) is 9.14. The molecule has 1 aromatic heterocycles. The summed E-state index contributed by atoms with van der Waals surface area (Å²) in [6.07, 6.45) is 4.15. The Hall–Kier alpha value is -6.85. The van der Waals surface area contributed by atoms with E-state index in [0.29, 0.717) is 11.8 Å². The van der Waals surface area contributed by atoms with Gasteiger partial charge >= 0.3 is 0 Å². The number of anilines is 1. The molecular weight excluding hydrogens is 769 g/mol. The molecule has 0 saturated heterocycles. The number of benzene rings is 7. The van der Waals surface area contributed by atoms with E-state index in [9.17, 15) is 0 Å². The molecule has 5 heteroatoms. The maximum atomic E-state index is 6.77. The molecule has 1 unspecified atom stereocenters. The largest absolute Gasteiger partial charge is 0.457 e. The van der Waals surface area contributed by atoms with Crippen molar-refractivity contribution in [2.24, 2.45) is 0 Å². The van der Waals surface area contributed by atoms with E-state index in [1.165, 1.54) is 55.9 Å². The van der Waals surface area contributed by atoms with Gasteiger partial charge in [0.15, 0.2) is 0 Å². The molecule has 5 nitrogen and oxygen atoms in total. The number of para-hydroxylation sites is 2. The summed E-state index contributed by atoms with van der Waals surface area (Å²) < 4.78 is 9.17. The van der Waals surface area contributed by atoms with Crippen LogP contribution < -0.4 is 15.0 Å². The number of imidazole rings is 1. The van der Waals surface area contributed by atoms with Crippen LogP contribution in [0.3, 0.4) is 0 Å². The zero-order valence-corrected chi connectivity index (χ0v) is 37.8. The van der Waals surface area contributed by atoms with Gasteiger partial charge in [-0.25, -0.2) is 4.98 Å². The first-order chi connectivity index (χ1) is 30.5. The van der Waals surface area contributed by atoms with Crippen LogP contribution in [0.15, 0.2) is 170 Å². The smallest absolute Gasteiger partial charge is 0.145 e. The molecule has 8 aromatic rings. The molecule has 7 aromatic carbocycles. The molecule has 0 saturated carbocycles. The van der Waals surface area contributed by atoms with Crippen molar-refractivity contribution in [2.45, 2.75) is 85.2 Å². The standard InChI is InChI=1S/C58H58N4O/c1-37(2)49-33-45(41-19-11-9-12-20-41)34-50(38(3)4)55(49)61-30-29-59-57(61)43-23-17-25-47(31-43)63-48-26-18-24-44(32-48)58-60-53-27-15-16-28-54(53)62(58)56-51(39(5)6)35-46(36-52(56)40(7)8)42-21-13-10-14-22-42/h9-40,57,59H,1-8H3. The van der Waals surface area contributed by atoms with Crippen LogP contribution in [0.2, 0.25) is 0 Å². The molecule has 0 aliphatic carbocycles. The van der Waals surface area contributed by atoms with E-state index >= 15 is 0 Å². The Kier molecular flexibility index (Phi) is 11.5. The summed E-state index contributed by atoms with van der Waals surface area (Å²) in [5.41, 5.74) is 16.9. The number of nitrogens with zero attached hydrogens (tertiary/aromatic N) is 3. The number of fused-ring (bicyclic) bond motifs is 1. The summed E-state index contributed by atoms with van der Waals surface area (Å²) in [7, 11) is 0. The van der Waals surface area contributed by atoms with Crippen LogP contribution in [-0.4, -0.2) is 9.55 Å². The Labute approximate surface area is 373 Å². The molecule has 1 aliphatic heterocycles. The topological polar surface area (TPSA) is 42.3 Å². The molecule has 1 aliphatic rings. The molecule has 0 amide bonds. The highest BCUT2D eigenvalue weighted by Gasteiger charge is 2.29. The number of hydrogen-bond acceptors (Lipinski definition) is 4. The van der Waals surface area contributed by atoms with Gasteiger partial charge in [0.2, 0.25) is 0 Å². The molecule has 1 atom stereocenters. The zero-order valence-electron chi connectivity index (χ0n) is 37.8. The number of rotatable bonds is 12. The van der Waals surface area contributed by atoms with Gasteiger partial charge in [-0.05, 0) is 134 Å². The van der Waals surface area contributed by atoms with Crippen molar-refractivity contribution in [3.05, 3.63) is 198 Å². The minimum atomic E-state index is -0.101. The summed E-state index contributed by atoms with van der Waals surface area (Å²) in [6, 6.07) is 56.4. The van der Waals surface area contributed by atoms with E-state index in [0.717, 1.165) is 39.5 Å². The van der Waals surface area contributed by atoms with Gasteiger partial charge in [0, 0.05) is 23.7 Å². The number of nitrogens with one attached hydrogen (secondary N) is 1. The lowest BCUT2D eigenvalue weighted by atomic mass is 9.87. The van der Waals surface area contributed by atoms with Crippen LogP contribution in [0.1, 0.15) is 113 Å². The van der Waals surface area contributed by atoms with Crippen molar-refractivity contribution in [1.29, 1.82) is 0 Å². The molecule has 0 fully saturated rings. The van der Waals surface area contributed by atoms with Crippen LogP contribution in [-0.2, 0) is 0 Å². The maximum absolute atomic E-state index is 6.77. The number of hydrogen-bond donors (Lipinski definition) is 1. The van der Waals surface area contributed by atoms with Gasteiger partial charge in [-0.15, -0.1) is 0 Å². The van der Waals surface area contributed by atoms with Crippen LogP contribution in [0.5, 0.6) is 11.5 Å². The highest BCUT2D eigenvalue weighted by atomic mass is 16.5. The zero-order chi connectivity index (χ0) is 43.8. The van der Waals surface area contributed by atoms with Gasteiger partial charge in [0.25, 0.3) is 0 Å². The normalized spacial score (nSPS) is 13.8. The van der Waals surface area contributed by atoms with Crippen molar-refractivity contribution in [3.63, 3.8) is 0 Å². The Morgan fingerprint density at radius 1 is 0.476 bits per heavy atom. The number of ether oxygens (including phenoxy) is 1. The first kappa shape index (κ1) is 41.5. The average molecular weight is 827 g/mol. The summed E-state index contributed by atoms with van der Waals surface area (Å²) in [5.74, 6) is 3.64. The Balaban J connectivity index is 1.08. The Bertz CT molecular complexity index is 2860. The fourth-order valence-electron chi connectivity index (χ4n) is 9.14. The van der Waals surface area contributed by atoms with Crippen LogP contribution in [0.4, 0.5) is 5.69 Å². The Morgan fingerprint density at radius 3 is 1.54 bits per heavy atom. The van der Waals surface area contributed by atoms with Crippen molar-refractivity contribution in [3.8, 4) is 50.8 Å². The second-order valence-electron chi connectivity index (χ2n) is 18.1. The van der Waals surface area contributed by atoms with Crippen molar-refractivity contribution >= 4 is 16.7 Å². The lowest BCUT2D eigenvalue weighted by Crippen LogP contribution is -2.28. The van der Waals surface area contributed by atoms with Gasteiger partial charge in [-0.1, -0.05) is 152 Å². The lowest BCUT2D eigenvalue weighted by molar-refractivity contribution is 0.481. The van der Waals surface area contributed by atoms with E-state index in [2.05, 4.69) is 228 Å². The van der Waals surface area contributed by atoms with Gasteiger partial charge in [0.05, 0.1) is 16.7 Å². The molecular formula is C58H58N4O. The van der Waals surface area contributed by atoms with Crippen LogP contribution in [0.25, 0.3) is 50.4 Å². The summed E-state index contributed by atoms with van der Waals surface area (Å²) in [6.45, 7) is 18.4. The molecule has 0 radical (unpaired) electrons. The monoisotopic (exact) mass is 826 g/mol. The van der Waals surface area contributed by atoms with Gasteiger partial charge < -0.3 is 15.0 Å². The molecule has 1 N–H and O–H groups in total. The highest BCUT2D eigenvalue weighted by molar-refractivity contribution is 5.85. The molecule has 63 heavy (non-hydrogen) atoms. The second-order valence-corrected chi connectivity index (χ2v) is 18.1. The maximum Gasteiger partial charge on any atom is 0.145 e. The highest BCUT2D eigenvalue weighted by Crippen LogP contribution is 2.44. The lowest BCUT2D eigenvalue weighted by Gasteiger charge is -2.33. The van der Waals surface area contributed by atoms with Crippen LogP contribution >= 0.6 is 0 Å². The molecule has 2 heterocycles. The minimum absolute atomic E-state index is 0.101. The molecule has 0 bridgehead atoms. The van der Waals surface area contributed by atoms with Gasteiger partial charge in [0.1, 0.15) is 23.5 Å². The third-order valence-corrected chi connectivity index (χ3v) is 12.4. The average Bonchev–Trinajstić information content (AvgIpc) is 3.95. The molecule has 316 valence electrons. The second kappa shape index (κ2) is 17.5. The van der Waals surface area contributed by atoms with E-state index in [1.54, 1.807) is 0 Å². The third kappa shape index (κ3) is 8.16. The van der Waals surface area contributed by atoms with E-state index in [1.807, 2.05) is 12.1 Å². The first-order valence-corrected chi connectivity index (χ1v) is 22.6.